The van der Waals surface area contributed by atoms with Gasteiger partial charge in [0.25, 0.3) is 0 Å². The standard InChI is InChI=1S/C13H11N3O2/c1-6-15-10-11(16(6)2)13(18)9-7(12(10)17)4-3-5-8(9)14/h3-5H,14H2,1-2H3. The zero-order valence-electron chi connectivity index (χ0n) is 10.0. The first-order chi connectivity index (χ1) is 8.52. The van der Waals surface area contributed by atoms with Crippen molar-refractivity contribution in [2.75, 3.05) is 5.73 Å². The molecular weight excluding hydrogens is 230 g/mol. The topological polar surface area (TPSA) is 78.0 Å². The second-order valence-corrected chi connectivity index (χ2v) is 4.34. The molecule has 2 N–H and O–H groups in total. The highest BCUT2D eigenvalue weighted by Gasteiger charge is 2.35. The van der Waals surface area contributed by atoms with Crippen molar-refractivity contribution in [3.8, 4) is 0 Å². The van der Waals surface area contributed by atoms with Crippen LogP contribution in [0.2, 0.25) is 0 Å². The molecule has 0 radical (unpaired) electrons. The highest BCUT2D eigenvalue weighted by Crippen LogP contribution is 2.30. The van der Waals surface area contributed by atoms with E-state index in [9.17, 15) is 9.59 Å². The maximum Gasteiger partial charge on any atom is 0.214 e. The number of rotatable bonds is 0. The Morgan fingerprint density at radius 3 is 2.67 bits per heavy atom. The van der Waals surface area contributed by atoms with Gasteiger partial charge in [-0.05, 0) is 13.0 Å². The molecular formula is C13H11N3O2. The summed E-state index contributed by atoms with van der Waals surface area (Å²) in [5.41, 5.74) is 7.31. The largest absolute Gasteiger partial charge is 0.398 e. The molecule has 0 bridgehead atoms. The minimum atomic E-state index is -0.240. The summed E-state index contributed by atoms with van der Waals surface area (Å²) in [4.78, 5) is 28.9. The maximum atomic E-state index is 12.4. The molecule has 0 amide bonds. The average Bonchev–Trinajstić information content (AvgIpc) is 2.63. The highest BCUT2D eigenvalue weighted by atomic mass is 16.1. The number of fused-ring (bicyclic) bond motifs is 2. The summed E-state index contributed by atoms with van der Waals surface area (Å²) in [5, 5.41) is 0. The van der Waals surface area contributed by atoms with Crippen LogP contribution in [0.3, 0.4) is 0 Å². The van der Waals surface area contributed by atoms with Gasteiger partial charge in [-0.25, -0.2) is 4.98 Å². The number of aryl methyl sites for hydroxylation is 1. The van der Waals surface area contributed by atoms with Crippen LogP contribution in [0, 0.1) is 6.92 Å². The minimum absolute atomic E-state index is 0.220. The third-order valence-electron chi connectivity index (χ3n) is 3.32. The van der Waals surface area contributed by atoms with Crippen molar-refractivity contribution in [1.29, 1.82) is 0 Å². The van der Waals surface area contributed by atoms with Gasteiger partial charge in [0, 0.05) is 18.3 Å². The Labute approximate surface area is 103 Å². The van der Waals surface area contributed by atoms with Gasteiger partial charge in [-0.15, -0.1) is 0 Å². The van der Waals surface area contributed by atoms with Crippen LogP contribution in [-0.2, 0) is 7.05 Å². The summed E-state index contributed by atoms with van der Waals surface area (Å²) >= 11 is 0. The number of carbonyl (C=O) groups excluding carboxylic acids is 2. The van der Waals surface area contributed by atoms with Crippen molar-refractivity contribution in [2.45, 2.75) is 6.92 Å². The smallest absolute Gasteiger partial charge is 0.214 e. The summed E-state index contributed by atoms with van der Waals surface area (Å²) < 4.78 is 1.63. The van der Waals surface area contributed by atoms with E-state index in [-0.39, 0.29) is 22.8 Å². The normalized spacial score (nSPS) is 13.4. The van der Waals surface area contributed by atoms with Crippen LogP contribution >= 0.6 is 0 Å². The first-order valence-electron chi connectivity index (χ1n) is 5.53. The van der Waals surface area contributed by atoms with E-state index in [1.165, 1.54) is 0 Å². The molecule has 0 unspecified atom stereocenters. The average molecular weight is 241 g/mol. The Morgan fingerprint density at radius 1 is 1.22 bits per heavy atom. The number of nitrogens with two attached hydrogens (primary N) is 1. The number of nitrogens with zero attached hydrogens (tertiary/aromatic N) is 2. The number of aromatic nitrogens is 2. The van der Waals surface area contributed by atoms with Gasteiger partial charge in [0.05, 0.1) is 5.56 Å². The Hall–Kier alpha value is -2.43. The molecule has 1 aliphatic carbocycles. The summed E-state index contributed by atoms with van der Waals surface area (Å²) in [6.45, 7) is 1.76. The molecule has 0 aliphatic heterocycles. The summed E-state index contributed by atoms with van der Waals surface area (Å²) in [7, 11) is 1.72. The van der Waals surface area contributed by atoms with Crippen molar-refractivity contribution in [1.82, 2.24) is 9.55 Å². The van der Waals surface area contributed by atoms with Crippen molar-refractivity contribution in [2.24, 2.45) is 7.05 Å². The fourth-order valence-electron chi connectivity index (χ4n) is 2.29. The molecule has 0 saturated carbocycles. The molecule has 3 rings (SSSR count). The molecule has 0 fully saturated rings. The number of hydrogen-bond acceptors (Lipinski definition) is 4. The molecule has 0 saturated heterocycles. The number of anilines is 1. The molecule has 0 atom stereocenters. The van der Waals surface area contributed by atoms with Crippen LogP contribution in [-0.4, -0.2) is 21.1 Å². The van der Waals surface area contributed by atoms with Gasteiger partial charge in [0.15, 0.2) is 0 Å². The maximum absolute atomic E-state index is 12.4. The second kappa shape index (κ2) is 3.29. The molecule has 0 spiro atoms. The summed E-state index contributed by atoms with van der Waals surface area (Å²) in [6, 6.07) is 4.90. The fourth-order valence-corrected chi connectivity index (χ4v) is 2.29. The predicted octanol–water partition coefficient (Wildman–Crippen LogP) is 1.09. The third-order valence-corrected chi connectivity index (χ3v) is 3.32. The van der Waals surface area contributed by atoms with Crippen molar-refractivity contribution >= 4 is 17.3 Å². The lowest BCUT2D eigenvalue weighted by Gasteiger charge is -2.16. The molecule has 1 aliphatic rings. The molecule has 1 heterocycles. The molecule has 5 heteroatoms. The number of nitrogen functional groups attached to an aromatic ring is 1. The number of carbonyl (C=O) groups is 2. The predicted molar refractivity (Wildman–Crippen MR) is 65.7 cm³/mol. The number of imidazole rings is 1. The van der Waals surface area contributed by atoms with Gasteiger partial charge in [0.2, 0.25) is 11.6 Å². The number of ketones is 2. The van der Waals surface area contributed by atoms with Gasteiger partial charge in [-0.2, -0.15) is 0 Å². The van der Waals surface area contributed by atoms with E-state index in [2.05, 4.69) is 4.98 Å². The van der Waals surface area contributed by atoms with Crippen molar-refractivity contribution in [3.05, 3.63) is 46.5 Å². The van der Waals surface area contributed by atoms with Gasteiger partial charge in [-0.3, -0.25) is 9.59 Å². The van der Waals surface area contributed by atoms with Crippen LogP contribution in [0.25, 0.3) is 0 Å². The van der Waals surface area contributed by atoms with Gasteiger partial charge in [0.1, 0.15) is 17.2 Å². The minimum Gasteiger partial charge on any atom is -0.398 e. The molecule has 90 valence electrons. The first-order valence-corrected chi connectivity index (χ1v) is 5.53. The SMILES string of the molecule is Cc1nc2c(n1C)C(=O)c1c(N)cccc1C2=O. The third kappa shape index (κ3) is 1.13. The Bertz CT molecular complexity index is 713. The Balaban J connectivity index is 2.39. The number of hydrogen-bond donors (Lipinski definition) is 1. The lowest BCUT2D eigenvalue weighted by Crippen LogP contribution is -2.23. The van der Waals surface area contributed by atoms with E-state index in [0.717, 1.165) is 0 Å². The summed E-state index contributed by atoms with van der Waals surface area (Å²) in [5.74, 6) is 0.157. The quantitative estimate of drug-likeness (QED) is 0.597. The van der Waals surface area contributed by atoms with E-state index in [0.29, 0.717) is 22.8 Å². The fraction of sp³-hybridized carbons (Fsp3) is 0.154. The molecule has 18 heavy (non-hydrogen) atoms. The van der Waals surface area contributed by atoms with E-state index in [1.807, 2.05) is 0 Å². The van der Waals surface area contributed by atoms with E-state index in [4.69, 9.17) is 5.73 Å². The van der Waals surface area contributed by atoms with Crippen LogP contribution in [0.4, 0.5) is 5.69 Å². The van der Waals surface area contributed by atoms with Crippen LogP contribution in [0.15, 0.2) is 18.2 Å². The molecule has 5 nitrogen and oxygen atoms in total. The lowest BCUT2D eigenvalue weighted by atomic mass is 9.89. The highest BCUT2D eigenvalue weighted by molar-refractivity contribution is 6.28. The Morgan fingerprint density at radius 2 is 1.94 bits per heavy atom. The van der Waals surface area contributed by atoms with Gasteiger partial charge < -0.3 is 10.3 Å². The van der Waals surface area contributed by atoms with E-state index < -0.39 is 0 Å². The zero-order chi connectivity index (χ0) is 13.0. The number of benzene rings is 1. The van der Waals surface area contributed by atoms with Crippen LogP contribution in [0.5, 0.6) is 0 Å². The molecule has 1 aromatic heterocycles. The second-order valence-electron chi connectivity index (χ2n) is 4.34. The molecule has 2 aromatic rings. The first kappa shape index (κ1) is 10.7. The van der Waals surface area contributed by atoms with Gasteiger partial charge in [-0.1, -0.05) is 12.1 Å². The molecule has 1 aromatic carbocycles. The van der Waals surface area contributed by atoms with Crippen molar-refractivity contribution in [3.63, 3.8) is 0 Å². The van der Waals surface area contributed by atoms with Gasteiger partial charge >= 0.3 is 0 Å². The monoisotopic (exact) mass is 241 g/mol. The van der Waals surface area contributed by atoms with Crippen molar-refractivity contribution < 1.29 is 9.59 Å². The van der Waals surface area contributed by atoms with Crippen LogP contribution in [0.1, 0.15) is 37.9 Å². The Kier molecular flexibility index (Phi) is 1.96. The zero-order valence-corrected chi connectivity index (χ0v) is 10.0. The summed E-state index contributed by atoms with van der Waals surface area (Å²) in [6.07, 6.45) is 0. The lowest BCUT2D eigenvalue weighted by molar-refractivity contribution is 0.0972. The van der Waals surface area contributed by atoms with E-state index >= 15 is 0 Å². The van der Waals surface area contributed by atoms with E-state index in [1.54, 1.807) is 36.7 Å². The van der Waals surface area contributed by atoms with Crippen LogP contribution < -0.4 is 5.73 Å².